The van der Waals surface area contributed by atoms with Crippen molar-refractivity contribution in [3.8, 4) is 0 Å². The maximum absolute atomic E-state index is 10.7. The predicted octanol–water partition coefficient (Wildman–Crippen LogP) is 3.29. The zero-order valence-corrected chi connectivity index (χ0v) is 12.9. The highest BCUT2D eigenvalue weighted by molar-refractivity contribution is 5.77. The average molecular weight is 311 g/mol. The van der Waals surface area contributed by atoms with Crippen LogP contribution in [0.4, 0.5) is 5.69 Å². The number of nitrogens with zero attached hydrogens (tertiary/aromatic N) is 3. The zero-order chi connectivity index (χ0) is 16.6. The number of hydrogen-bond acceptors (Lipinski definition) is 4. The molecule has 3 rings (SSSR count). The minimum absolute atomic E-state index is 0.0140. The van der Waals surface area contributed by atoms with Crippen LogP contribution < -0.4 is 0 Å². The van der Waals surface area contributed by atoms with Gasteiger partial charge < -0.3 is 9.67 Å². The molecule has 0 amide bonds. The van der Waals surface area contributed by atoms with Gasteiger partial charge in [-0.2, -0.15) is 0 Å². The second-order valence-electron chi connectivity index (χ2n) is 5.69. The van der Waals surface area contributed by atoms with Gasteiger partial charge in [-0.15, -0.1) is 0 Å². The van der Waals surface area contributed by atoms with Gasteiger partial charge in [0.05, 0.1) is 34.9 Å². The Morgan fingerprint density at radius 2 is 1.87 bits per heavy atom. The Morgan fingerprint density at radius 3 is 2.52 bits per heavy atom. The molecule has 1 aromatic heterocycles. The Labute approximate surface area is 133 Å². The van der Waals surface area contributed by atoms with E-state index in [4.69, 9.17) is 0 Å². The van der Waals surface area contributed by atoms with Crippen LogP contribution in [0, 0.1) is 24.0 Å². The lowest BCUT2D eigenvalue weighted by atomic mass is 10.1. The number of imidazole rings is 1. The van der Waals surface area contributed by atoms with E-state index in [1.54, 1.807) is 18.5 Å². The van der Waals surface area contributed by atoms with Crippen LogP contribution in [-0.2, 0) is 6.54 Å². The molecule has 1 unspecified atom stereocenters. The summed E-state index contributed by atoms with van der Waals surface area (Å²) in [6.07, 6.45) is 0.952. The minimum Gasteiger partial charge on any atom is -0.387 e. The summed E-state index contributed by atoms with van der Waals surface area (Å²) in [6, 6.07) is 10.0. The quantitative estimate of drug-likeness (QED) is 0.592. The first-order chi connectivity index (χ1) is 11.0. The Kier molecular flexibility index (Phi) is 3.83. The number of aliphatic hydroxyl groups is 1. The number of aromatic nitrogens is 2. The van der Waals surface area contributed by atoms with Crippen molar-refractivity contribution in [2.75, 3.05) is 0 Å². The van der Waals surface area contributed by atoms with E-state index in [1.165, 1.54) is 23.3 Å². The molecule has 118 valence electrons. The third kappa shape index (κ3) is 2.93. The molecule has 1 atom stereocenters. The summed E-state index contributed by atoms with van der Waals surface area (Å²) in [4.78, 5) is 14.6. The average Bonchev–Trinajstić information content (AvgIpc) is 2.90. The molecule has 6 nitrogen and oxygen atoms in total. The molecule has 0 spiro atoms. The highest BCUT2D eigenvalue weighted by atomic mass is 16.6. The highest BCUT2D eigenvalue weighted by Crippen LogP contribution is 2.23. The Morgan fingerprint density at radius 1 is 1.22 bits per heavy atom. The molecule has 0 aliphatic carbocycles. The van der Waals surface area contributed by atoms with Gasteiger partial charge in [-0.05, 0) is 54.8 Å². The highest BCUT2D eigenvalue weighted by Gasteiger charge is 2.13. The normalized spacial score (nSPS) is 12.5. The van der Waals surface area contributed by atoms with Gasteiger partial charge in [-0.25, -0.2) is 4.98 Å². The standard InChI is InChI=1S/C17H17N3O3/c1-11-7-15-16(8-12(11)2)19(10-18-15)9-17(21)13-3-5-14(6-4-13)20(22)23/h3-8,10,17,21H,9H2,1-2H3. The van der Waals surface area contributed by atoms with Crippen molar-refractivity contribution in [2.24, 2.45) is 0 Å². The fourth-order valence-electron chi connectivity index (χ4n) is 2.57. The monoisotopic (exact) mass is 311 g/mol. The van der Waals surface area contributed by atoms with Crippen LogP contribution in [0.5, 0.6) is 0 Å². The van der Waals surface area contributed by atoms with E-state index < -0.39 is 11.0 Å². The fourth-order valence-corrected chi connectivity index (χ4v) is 2.57. The van der Waals surface area contributed by atoms with Crippen molar-refractivity contribution in [2.45, 2.75) is 26.5 Å². The third-order valence-electron chi connectivity index (χ3n) is 4.09. The smallest absolute Gasteiger partial charge is 0.269 e. The van der Waals surface area contributed by atoms with Gasteiger partial charge in [0, 0.05) is 12.1 Å². The van der Waals surface area contributed by atoms with Crippen molar-refractivity contribution in [3.63, 3.8) is 0 Å². The molecule has 2 aromatic carbocycles. The summed E-state index contributed by atoms with van der Waals surface area (Å²) < 4.78 is 1.90. The maximum atomic E-state index is 10.7. The van der Waals surface area contributed by atoms with Crippen LogP contribution in [0.2, 0.25) is 0 Å². The first-order valence-corrected chi connectivity index (χ1v) is 7.30. The van der Waals surface area contributed by atoms with E-state index in [0.29, 0.717) is 12.1 Å². The molecule has 6 heteroatoms. The van der Waals surface area contributed by atoms with Crippen LogP contribution in [0.1, 0.15) is 22.8 Å². The molecular formula is C17H17N3O3. The maximum Gasteiger partial charge on any atom is 0.269 e. The SMILES string of the molecule is Cc1cc2ncn(CC(O)c3ccc([N+](=O)[O-])cc3)c2cc1C. The van der Waals surface area contributed by atoms with E-state index in [-0.39, 0.29) is 5.69 Å². The second kappa shape index (κ2) is 5.81. The van der Waals surface area contributed by atoms with E-state index in [2.05, 4.69) is 11.1 Å². The largest absolute Gasteiger partial charge is 0.387 e. The first-order valence-electron chi connectivity index (χ1n) is 7.30. The fraction of sp³-hybridized carbons (Fsp3) is 0.235. The number of benzene rings is 2. The summed E-state index contributed by atoms with van der Waals surface area (Å²) in [5.74, 6) is 0. The Hall–Kier alpha value is -2.73. The third-order valence-corrected chi connectivity index (χ3v) is 4.09. The molecule has 1 heterocycles. The van der Waals surface area contributed by atoms with E-state index in [9.17, 15) is 15.2 Å². The van der Waals surface area contributed by atoms with Crippen molar-refractivity contribution in [1.82, 2.24) is 9.55 Å². The van der Waals surface area contributed by atoms with Gasteiger partial charge in [0.25, 0.3) is 5.69 Å². The van der Waals surface area contributed by atoms with Gasteiger partial charge >= 0.3 is 0 Å². The molecule has 0 bridgehead atoms. The van der Waals surface area contributed by atoms with Crippen LogP contribution in [0.3, 0.4) is 0 Å². The van der Waals surface area contributed by atoms with Crippen LogP contribution in [-0.4, -0.2) is 19.6 Å². The molecule has 3 aromatic rings. The molecule has 0 fully saturated rings. The van der Waals surface area contributed by atoms with Gasteiger partial charge in [0.2, 0.25) is 0 Å². The molecule has 0 radical (unpaired) electrons. The number of nitro benzene ring substituents is 1. The minimum atomic E-state index is -0.755. The number of aliphatic hydroxyl groups excluding tert-OH is 1. The lowest BCUT2D eigenvalue weighted by Gasteiger charge is -2.13. The van der Waals surface area contributed by atoms with Crippen LogP contribution in [0.15, 0.2) is 42.7 Å². The number of non-ortho nitro benzene ring substituents is 1. The summed E-state index contributed by atoms with van der Waals surface area (Å²) >= 11 is 0. The van der Waals surface area contributed by atoms with Crippen molar-refractivity contribution < 1.29 is 10.0 Å². The summed E-state index contributed by atoms with van der Waals surface area (Å²) in [7, 11) is 0. The molecular weight excluding hydrogens is 294 g/mol. The van der Waals surface area contributed by atoms with E-state index >= 15 is 0 Å². The van der Waals surface area contributed by atoms with E-state index in [0.717, 1.165) is 11.0 Å². The molecule has 23 heavy (non-hydrogen) atoms. The molecule has 1 N–H and O–H groups in total. The number of aryl methyl sites for hydroxylation is 2. The predicted molar refractivity (Wildman–Crippen MR) is 87.3 cm³/mol. The number of hydrogen-bond donors (Lipinski definition) is 1. The number of nitro groups is 1. The number of rotatable bonds is 4. The topological polar surface area (TPSA) is 81.2 Å². The molecule has 0 saturated heterocycles. The van der Waals surface area contributed by atoms with Gasteiger partial charge in [-0.3, -0.25) is 10.1 Å². The molecule has 0 aliphatic rings. The Balaban J connectivity index is 1.86. The summed E-state index contributed by atoms with van der Waals surface area (Å²) in [6.45, 7) is 4.43. The lowest BCUT2D eigenvalue weighted by molar-refractivity contribution is -0.384. The van der Waals surface area contributed by atoms with Crippen molar-refractivity contribution >= 4 is 16.7 Å². The van der Waals surface area contributed by atoms with Crippen LogP contribution in [0.25, 0.3) is 11.0 Å². The van der Waals surface area contributed by atoms with Crippen LogP contribution >= 0.6 is 0 Å². The van der Waals surface area contributed by atoms with Gasteiger partial charge in [0.1, 0.15) is 0 Å². The van der Waals surface area contributed by atoms with Gasteiger partial charge in [0.15, 0.2) is 0 Å². The molecule has 0 aliphatic heterocycles. The second-order valence-corrected chi connectivity index (χ2v) is 5.69. The Bertz CT molecular complexity index is 869. The lowest BCUT2D eigenvalue weighted by Crippen LogP contribution is -2.08. The number of fused-ring (bicyclic) bond motifs is 1. The summed E-state index contributed by atoms with van der Waals surface area (Å²) in [5.41, 5.74) is 4.86. The summed E-state index contributed by atoms with van der Waals surface area (Å²) in [5, 5.41) is 21.1. The van der Waals surface area contributed by atoms with Crippen molar-refractivity contribution in [3.05, 3.63) is 69.5 Å². The molecule has 0 saturated carbocycles. The first kappa shape index (κ1) is 15.2. The van der Waals surface area contributed by atoms with Gasteiger partial charge in [-0.1, -0.05) is 0 Å². The van der Waals surface area contributed by atoms with E-state index in [1.807, 2.05) is 24.5 Å². The van der Waals surface area contributed by atoms with Crippen molar-refractivity contribution in [1.29, 1.82) is 0 Å². The zero-order valence-electron chi connectivity index (χ0n) is 12.9.